The van der Waals surface area contributed by atoms with E-state index in [1.807, 2.05) is 4.68 Å². The van der Waals surface area contributed by atoms with E-state index in [1.165, 1.54) is 5.56 Å². The fourth-order valence-electron chi connectivity index (χ4n) is 2.36. The minimum Gasteiger partial charge on any atom is -0.292 e. The van der Waals surface area contributed by atoms with E-state index in [-0.39, 0.29) is 11.3 Å². The molecular weight excluding hydrogens is 200 g/mol. The summed E-state index contributed by atoms with van der Waals surface area (Å²) in [6.45, 7) is 8.40. The average Bonchev–Trinajstić information content (AvgIpc) is 2.57. The summed E-state index contributed by atoms with van der Waals surface area (Å²) in [5.74, 6) is 0.267. The van der Waals surface area contributed by atoms with Crippen LogP contribution in [0.4, 0.5) is 0 Å². The van der Waals surface area contributed by atoms with Crippen molar-refractivity contribution in [1.82, 2.24) is 9.78 Å². The number of aromatic nitrogens is 2. The van der Waals surface area contributed by atoms with Crippen molar-refractivity contribution in [3.63, 3.8) is 0 Å². The molecule has 1 aromatic rings. The average molecular weight is 220 g/mol. The third-order valence-electron chi connectivity index (χ3n) is 3.13. The molecule has 0 bridgehead atoms. The van der Waals surface area contributed by atoms with Crippen LogP contribution in [-0.2, 0) is 18.4 Å². The predicted octanol–water partition coefficient (Wildman–Crippen LogP) is 2.72. The molecule has 1 aliphatic carbocycles. The molecule has 0 N–H and O–H groups in total. The van der Waals surface area contributed by atoms with Gasteiger partial charge in [-0.05, 0) is 40.0 Å². The van der Waals surface area contributed by atoms with Gasteiger partial charge in [-0.15, -0.1) is 0 Å². The van der Waals surface area contributed by atoms with Crippen LogP contribution in [0.5, 0.6) is 0 Å². The number of carbonyl (C=O) groups is 1. The molecule has 0 saturated carbocycles. The molecular formula is C13H20N2O. The first-order valence-corrected chi connectivity index (χ1v) is 6.09. The van der Waals surface area contributed by atoms with E-state index in [2.05, 4.69) is 32.8 Å². The first-order valence-electron chi connectivity index (χ1n) is 6.09. The number of hydrogen-bond donors (Lipinski definition) is 0. The Morgan fingerprint density at radius 3 is 2.56 bits per heavy atom. The van der Waals surface area contributed by atoms with Gasteiger partial charge < -0.3 is 0 Å². The van der Waals surface area contributed by atoms with Gasteiger partial charge in [-0.25, -0.2) is 0 Å². The lowest BCUT2D eigenvalue weighted by atomic mass is 9.93. The van der Waals surface area contributed by atoms with Crippen LogP contribution in [0.25, 0.3) is 0 Å². The Hall–Kier alpha value is -1.12. The van der Waals surface area contributed by atoms with Gasteiger partial charge in [0.2, 0.25) is 0 Å². The third kappa shape index (κ3) is 1.68. The maximum absolute atomic E-state index is 12.0. The fraction of sp³-hybridized carbons (Fsp3) is 0.692. The predicted molar refractivity (Wildman–Crippen MR) is 63.9 cm³/mol. The first-order chi connectivity index (χ1) is 7.45. The number of fused-ring (bicyclic) bond motifs is 1. The molecule has 0 atom stereocenters. The molecule has 0 aromatic carbocycles. The number of hydrogen-bond acceptors (Lipinski definition) is 2. The number of rotatable bonds is 1. The largest absolute Gasteiger partial charge is 0.292 e. The van der Waals surface area contributed by atoms with Crippen molar-refractivity contribution in [1.29, 1.82) is 0 Å². The van der Waals surface area contributed by atoms with Crippen molar-refractivity contribution in [3.8, 4) is 0 Å². The van der Waals surface area contributed by atoms with Crippen LogP contribution in [0.2, 0.25) is 0 Å². The van der Waals surface area contributed by atoms with E-state index < -0.39 is 0 Å². The van der Waals surface area contributed by atoms with Crippen LogP contribution in [0.3, 0.4) is 0 Å². The highest BCUT2D eigenvalue weighted by Gasteiger charge is 2.30. The number of Topliss-reactive ketones (excluding diaryl/α,β-unsaturated/α-hetero) is 1. The molecule has 0 aliphatic heterocycles. The summed E-state index contributed by atoms with van der Waals surface area (Å²) in [6.07, 6.45) is 3.59. The van der Waals surface area contributed by atoms with Gasteiger partial charge in [0, 0.05) is 12.0 Å². The summed E-state index contributed by atoms with van der Waals surface area (Å²) < 4.78 is 1.93. The molecule has 1 heterocycles. The third-order valence-corrected chi connectivity index (χ3v) is 3.13. The van der Waals surface area contributed by atoms with E-state index in [0.717, 1.165) is 30.7 Å². The maximum Gasteiger partial charge on any atom is 0.181 e. The van der Waals surface area contributed by atoms with E-state index in [0.29, 0.717) is 6.42 Å². The lowest BCUT2D eigenvalue weighted by Crippen LogP contribution is -2.28. The summed E-state index contributed by atoms with van der Waals surface area (Å²) >= 11 is 0. The first kappa shape index (κ1) is 11.4. The monoisotopic (exact) mass is 220 g/mol. The Bertz CT molecular complexity index is 424. The van der Waals surface area contributed by atoms with E-state index in [1.54, 1.807) is 0 Å². The molecule has 3 nitrogen and oxygen atoms in total. The Morgan fingerprint density at radius 1 is 1.31 bits per heavy atom. The SMILES string of the molecule is CCc1nn(C(C)(C)C)c2c1CCCC2=O. The van der Waals surface area contributed by atoms with Crippen molar-refractivity contribution in [2.45, 2.75) is 58.9 Å². The summed E-state index contributed by atoms with van der Waals surface area (Å²) in [7, 11) is 0. The minimum atomic E-state index is -0.107. The van der Waals surface area contributed by atoms with Crippen LogP contribution in [0, 0.1) is 0 Å². The van der Waals surface area contributed by atoms with E-state index >= 15 is 0 Å². The normalized spacial score (nSPS) is 16.4. The summed E-state index contributed by atoms with van der Waals surface area (Å²) in [5, 5.41) is 4.63. The highest BCUT2D eigenvalue weighted by Crippen LogP contribution is 2.28. The molecule has 0 fully saturated rings. The van der Waals surface area contributed by atoms with Gasteiger partial charge in [0.05, 0.1) is 11.2 Å². The fourth-order valence-corrected chi connectivity index (χ4v) is 2.36. The van der Waals surface area contributed by atoms with Gasteiger partial charge in [-0.3, -0.25) is 9.48 Å². The smallest absolute Gasteiger partial charge is 0.181 e. The molecule has 88 valence electrons. The Kier molecular flexibility index (Phi) is 2.64. The second kappa shape index (κ2) is 3.72. The molecule has 0 saturated heterocycles. The Morgan fingerprint density at radius 2 is 2.00 bits per heavy atom. The highest BCUT2D eigenvalue weighted by molar-refractivity contribution is 5.97. The van der Waals surface area contributed by atoms with Crippen molar-refractivity contribution in [2.24, 2.45) is 0 Å². The second-order valence-electron chi connectivity index (χ2n) is 5.49. The van der Waals surface area contributed by atoms with E-state index in [9.17, 15) is 4.79 Å². The van der Waals surface area contributed by atoms with Gasteiger partial charge in [0.1, 0.15) is 5.69 Å². The van der Waals surface area contributed by atoms with Crippen molar-refractivity contribution in [3.05, 3.63) is 17.0 Å². The van der Waals surface area contributed by atoms with Crippen molar-refractivity contribution < 1.29 is 4.79 Å². The highest BCUT2D eigenvalue weighted by atomic mass is 16.1. The molecule has 2 rings (SSSR count). The van der Waals surface area contributed by atoms with Gasteiger partial charge >= 0.3 is 0 Å². The molecule has 1 aliphatic rings. The zero-order chi connectivity index (χ0) is 11.9. The van der Waals surface area contributed by atoms with Gasteiger partial charge in [-0.1, -0.05) is 6.92 Å². The van der Waals surface area contributed by atoms with Gasteiger partial charge in [0.25, 0.3) is 0 Å². The minimum absolute atomic E-state index is 0.107. The van der Waals surface area contributed by atoms with Crippen LogP contribution >= 0.6 is 0 Å². The number of aryl methyl sites for hydroxylation is 1. The lowest BCUT2D eigenvalue weighted by molar-refractivity contribution is 0.0954. The summed E-state index contributed by atoms with van der Waals surface area (Å²) in [4.78, 5) is 12.0. The quantitative estimate of drug-likeness (QED) is 0.729. The van der Waals surface area contributed by atoms with Crippen molar-refractivity contribution in [2.75, 3.05) is 0 Å². The van der Waals surface area contributed by atoms with Crippen LogP contribution in [-0.4, -0.2) is 15.6 Å². The molecule has 0 amide bonds. The van der Waals surface area contributed by atoms with Crippen molar-refractivity contribution >= 4 is 5.78 Å². The maximum atomic E-state index is 12.0. The van der Waals surface area contributed by atoms with Crippen LogP contribution in [0.15, 0.2) is 0 Å². The Labute approximate surface area is 96.8 Å². The second-order valence-corrected chi connectivity index (χ2v) is 5.49. The molecule has 0 spiro atoms. The van der Waals surface area contributed by atoms with Crippen LogP contribution < -0.4 is 0 Å². The van der Waals surface area contributed by atoms with Gasteiger partial charge in [-0.2, -0.15) is 5.10 Å². The molecule has 0 radical (unpaired) electrons. The Balaban J connectivity index is 2.63. The summed E-state index contributed by atoms with van der Waals surface area (Å²) in [5.41, 5.74) is 3.08. The summed E-state index contributed by atoms with van der Waals surface area (Å²) in [6, 6.07) is 0. The molecule has 16 heavy (non-hydrogen) atoms. The molecule has 1 aromatic heterocycles. The molecule has 3 heteroatoms. The topological polar surface area (TPSA) is 34.9 Å². The van der Waals surface area contributed by atoms with Crippen LogP contribution in [0.1, 0.15) is 62.3 Å². The van der Waals surface area contributed by atoms with E-state index in [4.69, 9.17) is 0 Å². The zero-order valence-corrected chi connectivity index (χ0v) is 10.6. The number of nitrogens with zero attached hydrogens (tertiary/aromatic N) is 2. The lowest BCUT2D eigenvalue weighted by Gasteiger charge is -2.23. The standard InChI is InChI=1S/C13H20N2O/c1-5-10-9-7-6-8-11(16)12(9)15(14-10)13(2,3)4/h5-8H2,1-4H3. The zero-order valence-electron chi connectivity index (χ0n) is 10.6. The number of carbonyl (C=O) groups excluding carboxylic acids is 1. The van der Waals surface area contributed by atoms with Gasteiger partial charge in [0.15, 0.2) is 5.78 Å². The number of ketones is 1. The molecule has 0 unspecified atom stereocenters.